The van der Waals surface area contributed by atoms with Gasteiger partial charge in [-0.3, -0.25) is 4.79 Å². The number of halogens is 2. The summed E-state index contributed by atoms with van der Waals surface area (Å²) in [4.78, 5) is 24.1. The lowest BCUT2D eigenvalue weighted by atomic mass is 9.87. The van der Waals surface area contributed by atoms with E-state index in [4.69, 9.17) is 4.74 Å². The fourth-order valence-electron chi connectivity index (χ4n) is 2.35. The van der Waals surface area contributed by atoms with Crippen LogP contribution < -0.4 is 0 Å². The third-order valence-electron chi connectivity index (χ3n) is 4.53. The van der Waals surface area contributed by atoms with Crippen molar-refractivity contribution in [2.75, 3.05) is 7.11 Å². The van der Waals surface area contributed by atoms with Gasteiger partial charge in [0.05, 0.1) is 13.0 Å². The maximum absolute atomic E-state index is 12.6. The summed E-state index contributed by atoms with van der Waals surface area (Å²) in [5, 5.41) is -0.162. The molecule has 0 aromatic heterocycles. The number of carbonyl (C=O) groups excluding carboxylic acids is 2. The molecule has 0 saturated carbocycles. The van der Waals surface area contributed by atoms with E-state index in [9.17, 15) is 18.4 Å². The number of alkyl halides is 2. The van der Waals surface area contributed by atoms with Crippen LogP contribution in [0.1, 0.15) is 27.2 Å². The van der Waals surface area contributed by atoms with Crippen LogP contribution in [0.15, 0.2) is 0 Å². The van der Waals surface area contributed by atoms with Crippen LogP contribution >= 0.6 is 0 Å². The van der Waals surface area contributed by atoms with E-state index in [2.05, 4.69) is 0 Å². The monoisotopic (exact) mass is 307 g/mol. The highest BCUT2D eigenvalue weighted by molar-refractivity contribution is 6.80. The number of esters is 1. The molecule has 20 heavy (non-hydrogen) atoms. The van der Waals surface area contributed by atoms with Crippen molar-refractivity contribution in [3.8, 4) is 0 Å². The van der Waals surface area contributed by atoms with Gasteiger partial charge in [-0.2, -0.15) is 0 Å². The zero-order chi connectivity index (χ0) is 15.9. The molecule has 0 aromatic carbocycles. The Labute approximate surface area is 119 Å². The number of β-lactam (4-membered cyclic amide) rings is 1. The third-order valence-corrected chi connectivity index (χ3v) is 9.90. The molecule has 1 amide bonds. The Balaban J connectivity index is 3.08. The fraction of sp³-hybridized carbons (Fsp3) is 0.846. The number of methoxy groups -OCH3 is 1. The number of hydrogen-bond donors (Lipinski definition) is 0. The summed E-state index contributed by atoms with van der Waals surface area (Å²) in [7, 11) is -1.06. The van der Waals surface area contributed by atoms with Gasteiger partial charge in [-0.15, -0.1) is 0 Å². The Morgan fingerprint density at radius 2 is 1.90 bits per heavy atom. The number of rotatable bonds is 4. The van der Waals surface area contributed by atoms with E-state index in [1.807, 2.05) is 33.9 Å². The first-order chi connectivity index (χ1) is 8.95. The first-order valence-electron chi connectivity index (χ1n) is 6.64. The summed E-state index contributed by atoms with van der Waals surface area (Å²) in [6, 6.07) is -0.859. The smallest absolute Gasteiger partial charge is 0.328 e. The van der Waals surface area contributed by atoms with Gasteiger partial charge < -0.3 is 9.30 Å². The minimum Gasteiger partial charge on any atom is -0.467 e. The molecule has 1 rings (SSSR count). The molecular weight excluding hydrogens is 284 g/mol. The summed E-state index contributed by atoms with van der Waals surface area (Å²) < 4.78 is 31.4. The molecule has 0 bridgehead atoms. The topological polar surface area (TPSA) is 46.6 Å². The number of carbonyl (C=O) groups is 2. The maximum atomic E-state index is 12.6. The minimum atomic E-state index is -2.60. The Hall–Kier alpha value is -0.983. The fourth-order valence-corrected chi connectivity index (χ4v) is 4.77. The van der Waals surface area contributed by atoms with Crippen LogP contribution in [0, 0.1) is 5.92 Å². The summed E-state index contributed by atoms with van der Waals surface area (Å²) in [5.41, 5.74) is 0. The van der Waals surface area contributed by atoms with Crippen molar-refractivity contribution in [1.29, 1.82) is 0 Å². The molecule has 0 spiro atoms. The minimum absolute atomic E-state index is 0.162. The van der Waals surface area contributed by atoms with Crippen molar-refractivity contribution in [2.24, 2.45) is 5.92 Å². The van der Waals surface area contributed by atoms with E-state index in [0.29, 0.717) is 0 Å². The second kappa shape index (κ2) is 5.42. The van der Waals surface area contributed by atoms with Crippen LogP contribution in [0.3, 0.4) is 0 Å². The largest absolute Gasteiger partial charge is 0.467 e. The summed E-state index contributed by atoms with van der Waals surface area (Å²) >= 11 is 0. The average molecular weight is 307 g/mol. The van der Waals surface area contributed by atoms with Crippen LogP contribution in [0.2, 0.25) is 18.1 Å². The number of hydrogen-bond acceptors (Lipinski definition) is 3. The quantitative estimate of drug-likeness (QED) is 0.456. The summed E-state index contributed by atoms with van der Waals surface area (Å²) in [6.45, 7) is 9.95. The first-order valence-corrected chi connectivity index (χ1v) is 9.59. The Kier molecular flexibility index (Phi) is 4.63. The van der Waals surface area contributed by atoms with Gasteiger partial charge in [0.1, 0.15) is 6.04 Å². The van der Waals surface area contributed by atoms with Crippen molar-refractivity contribution >= 4 is 20.1 Å². The van der Waals surface area contributed by atoms with Crippen LogP contribution in [-0.2, 0) is 14.3 Å². The van der Waals surface area contributed by atoms with Gasteiger partial charge in [0, 0.05) is 6.42 Å². The molecule has 1 aliphatic heterocycles. The summed E-state index contributed by atoms with van der Waals surface area (Å²) in [5.74, 6) is -1.89. The molecule has 1 fully saturated rings. The predicted molar refractivity (Wildman–Crippen MR) is 74.0 cm³/mol. The lowest BCUT2D eigenvalue weighted by Gasteiger charge is -2.57. The maximum Gasteiger partial charge on any atom is 0.328 e. The second-order valence-electron chi connectivity index (χ2n) is 6.72. The van der Waals surface area contributed by atoms with E-state index in [1.165, 1.54) is 11.7 Å². The highest BCUT2D eigenvalue weighted by Gasteiger charge is 2.60. The SMILES string of the molecule is COC(=O)[C@@H]1[C@@H](CC(F)F)C(=O)N1[Si](C)(C)C(C)(C)C. The van der Waals surface area contributed by atoms with E-state index < -0.39 is 39.0 Å². The Morgan fingerprint density at radius 3 is 2.25 bits per heavy atom. The van der Waals surface area contributed by atoms with Crippen molar-refractivity contribution < 1.29 is 23.1 Å². The lowest BCUT2D eigenvalue weighted by molar-refractivity contribution is -0.168. The molecule has 0 radical (unpaired) electrons. The van der Waals surface area contributed by atoms with Gasteiger partial charge in [0.2, 0.25) is 12.3 Å². The van der Waals surface area contributed by atoms with Crippen molar-refractivity contribution in [3.63, 3.8) is 0 Å². The molecule has 0 aliphatic carbocycles. The van der Waals surface area contributed by atoms with Gasteiger partial charge >= 0.3 is 5.97 Å². The van der Waals surface area contributed by atoms with Crippen LogP contribution in [-0.4, -0.2) is 44.3 Å². The Morgan fingerprint density at radius 1 is 1.40 bits per heavy atom. The predicted octanol–water partition coefficient (Wildman–Crippen LogP) is 2.65. The van der Waals surface area contributed by atoms with E-state index in [1.54, 1.807) is 0 Å². The van der Waals surface area contributed by atoms with Gasteiger partial charge in [-0.1, -0.05) is 33.9 Å². The molecule has 1 aliphatic rings. The Bertz CT molecular complexity index is 407. The normalized spacial score (nSPS) is 23.9. The van der Waals surface area contributed by atoms with Crippen LogP contribution in [0.5, 0.6) is 0 Å². The van der Waals surface area contributed by atoms with E-state index >= 15 is 0 Å². The van der Waals surface area contributed by atoms with Crippen molar-refractivity contribution in [1.82, 2.24) is 4.57 Å². The van der Waals surface area contributed by atoms with Crippen molar-refractivity contribution in [3.05, 3.63) is 0 Å². The highest BCUT2D eigenvalue weighted by Crippen LogP contribution is 2.46. The zero-order valence-corrected chi connectivity index (χ0v) is 13.9. The van der Waals surface area contributed by atoms with Crippen molar-refractivity contribution in [2.45, 2.75) is 57.8 Å². The third kappa shape index (κ3) is 2.73. The molecule has 0 aromatic rings. The molecule has 116 valence electrons. The molecule has 1 saturated heterocycles. The molecular formula is C13H23F2NO3Si. The van der Waals surface area contributed by atoms with Crippen LogP contribution in [0.4, 0.5) is 8.78 Å². The average Bonchev–Trinajstić information content (AvgIpc) is 2.29. The highest BCUT2D eigenvalue weighted by atomic mass is 28.3. The summed E-state index contributed by atoms with van der Waals surface area (Å²) in [6.07, 6.45) is -3.18. The van der Waals surface area contributed by atoms with Gasteiger partial charge in [0.25, 0.3) is 0 Å². The second-order valence-corrected chi connectivity index (χ2v) is 11.8. The van der Waals surface area contributed by atoms with Gasteiger partial charge in [0.15, 0.2) is 8.24 Å². The molecule has 4 nitrogen and oxygen atoms in total. The van der Waals surface area contributed by atoms with E-state index in [0.717, 1.165) is 0 Å². The zero-order valence-electron chi connectivity index (χ0n) is 12.9. The van der Waals surface area contributed by atoms with E-state index in [-0.39, 0.29) is 10.9 Å². The molecule has 0 unspecified atom stereocenters. The number of nitrogens with zero attached hydrogens (tertiary/aromatic N) is 1. The molecule has 7 heteroatoms. The number of ether oxygens (including phenoxy) is 1. The molecule has 2 atom stereocenters. The standard InChI is InChI=1S/C13H23F2NO3Si/c1-13(2,3)20(5,6)16-10(12(18)19-4)8(11(16)17)7-9(14)15/h8-10H,7H2,1-6H3/t8-,10+/m1/s1. The van der Waals surface area contributed by atoms with Gasteiger partial charge in [-0.25, -0.2) is 13.6 Å². The van der Waals surface area contributed by atoms with Gasteiger partial charge in [-0.05, 0) is 5.04 Å². The molecule has 1 heterocycles. The molecule has 0 N–H and O–H groups in total. The first kappa shape index (κ1) is 17.1. The lowest BCUT2D eigenvalue weighted by Crippen LogP contribution is -2.75. The van der Waals surface area contributed by atoms with Crippen LogP contribution in [0.25, 0.3) is 0 Å². The number of amides is 1.